The predicted molar refractivity (Wildman–Crippen MR) is 236 cm³/mol. The number of hydrogen-bond acceptors (Lipinski definition) is 14. The minimum absolute atomic E-state index is 0.186. The standard InChI is InChI=1S/C45H42N16O3/c1-60-38(56-58-40(60)35-11-15-46-26-54-35)23-48-32-7-3-5-29(18-32)42(62)51-20-28-17-34(44(64)52-21-28)31-9-10-37(50-22-31)45(13-14-45)25-53-43(63)30-6-4-8-33(19-30)49-24-39-57-59-41(61(39)2)36-12-16-47-27-55-36/h3-12,15-19,21-22,26-27,48-49H,13-14,20,23-25H2,1-2H3,(H,51,62)(H,52,64)(H,53,63). The van der Waals surface area contributed by atoms with Gasteiger partial charge in [-0.2, -0.15) is 0 Å². The van der Waals surface area contributed by atoms with Crippen molar-refractivity contribution in [3.05, 3.63) is 161 Å². The fourth-order valence-corrected chi connectivity index (χ4v) is 7.25. The quantitative estimate of drug-likeness (QED) is 0.0915. The van der Waals surface area contributed by atoms with E-state index in [1.165, 1.54) is 12.7 Å². The fourth-order valence-electron chi connectivity index (χ4n) is 7.25. The van der Waals surface area contributed by atoms with Gasteiger partial charge in [-0.1, -0.05) is 18.2 Å². The van der Waals surface area contributed by atoms with Gasteiger partial charge in [0.05, 0.1) is 13.1 Å². The molecule has 1 saturated carbocycles. The van der Waals surface area contributed by atoms with Gasteiger partial charge in [-0.15, -0.1) is 20.4 Å². The Morgan fingerprint density at radius 2 is 1.28 bits per heavy atom. The highest BCUT2D eigenvalue weighted by molar-refractivity contribution is 5.95. The summed E-state index contributed by atoms with van der Waals surface area (Å²) in [5, 5.41) is 29.8. The molecule has 2 amide bonds. The van der Waals surface area contributed by atoms with Gasteiger partial charge in [-0.3, -0.25) is 19.4 Å². The average Bonchev–Trinajstić information content (AvgIpc) is 3.92. The first-order chi connectivity index (χ1) is 31.2. The summed E-state index contributed by atoms with van der Waals surface area (Å²) in [4.78, 5) is 63.5. The summed E-state index contributed by atoms with van der Waals surface area (Å²) in [6.45, 7) is 1.38. The van der Waals surface area contributed by atoms with Crippen LogP contribution in [0.1, 0.15) is 56.5 Å². The van der Waals surface area contributed by atoms with Gasteiger partial charge < -0.3 is 35.4 Å². The number of H-pyrrole nitrogens is 1. The molecule has 0 spiro atoms. The topological polar surface area (TPSA) is 241 Å². The molecule has 0 bridgehead atoms. The maximum atomic E-state index is 13.3. The summed E-state index contributed by atoms with van der Waals surface area (Å²) in [6.07, 6.45) is 11.3. The predicted octanol–water partition coefficient (Wildman–Crippen LogP) is 4.22. The molecule has 1 aliphatic rings. The van der Waals surface area contributed by atoms with Crippen molar-refractivity contribution in [2.24, 2.45) is 14.1 Å². The van der Waals surface area contributed by atoms with E-state index in [9.17, 15) is 14.4 Å². The number of aromatic nitrogens is 12. The number of pyridine rings is 2. The third-order valence-electron chi connectivity index (χ3n) is 11.2. The molecule has 1 fully saturated rings. The Kier molecular flexibility index (Phi) is 11.4. The van der Waals surface area contributed by atoms with Crippen LogP contribution in [-0.4, -0.2) is 77.8 Å². The number of benzene rings is 2. The molecule has 0 aliphatic heterocycles. The van der Waals surface area contributed by atoms with Gasteiger partial charge in [0, 0.05) is 96.7 Å². The third kappa shape index (κ3) is 8.94. The van der Waals surface area contributed by atoms with Gasteiger partial charge in [0.15, 0.2) is 23.3 Å². The van der Waals surface area contributed by atoms with Crippen LogP contribution < -0.4 is 26.8 Å². The van der Waals surface area contributed by atoms with Crippen molar-refractivity contribution in [1.82, 2.24) is 70.1 Å². The second kappa shape index (κ2) is 17.9. The van der Waals surface area contributed by atoms with Gasteiger partial charge in [0.1, 0.15) is 24.0 Å². The molecule has 320 valence electrons. The molecule has 9 rings (SSSR count). The Morgan fingerprint density at radius 1 is 0.688 bits per heavy atom. The lowest BCUT2D eigenvalue weighted by molar-refractivity contribution is 0.0942. The number of nitrogens with one attached hydrogen (secondary N) is 5. The molecule has 0 unspecified atom stereocenters. The molecule has 64 heavy (non-hydrogen) atoms. The summed E-state index contributed by atoms with van der Waals surface area (Å²) < 4.78 is 3.72. The van der Waals surface area contributed by atoms with Crippen molar-refractivity contribution >= 4 is 23.2 Å². The number of nitrogens with zero attached hydrogens (tertiary/aromatic N) is 11. The van der Waals surface area contributed by atoms with E-state index in [-0.39, 0.29) is 29.3 Å². The highest BCUT2D eigenvalue weighted by atomic mass is 16.2. The van der Waals surface area contributed by atoms with E-state index in [0.29, 0.717) is 82.1 Å². The lowest BCUT2D eigenvalue weighted by Crippen LogP contribution is -2.32. The number of carbonyl (C=O) groups is 2. The van der Waals surface area contributed by atoms with E-state index in [1.807, 2.05) is 53.6 Å². The number of anilines is 2. The summed E-state index contributed by atoms with van der Waals surface area (Å²) in [6, 6.07) is 23.6. The SMILES string of the molecule is Cn1c(CNc2cccc(C(=O)NCc3c[nH]c(=O)c(-c4ccc(C5(CNC(=O)c6cccc(NCc7nnc(-c8ccncn8)n7C)c6)CC5)nc4)c3)c2)nnc1-c1ccncn1. The lowest BCUT2D eigenvalue weighted by atomic mass is 9.99. The van der Waals surface area contributed by atoms with E-state index in [4.69, 9.17) is 4.98 Å². The maximum absolute atomic E-state index is 13.3. The normalized spacial score (nSPS) is 12.7. The number of carbonyl (C=O) groups excluding carboxylic acids is 2. The molecular weight excluding hydrogens is 813 g/mol. The summed E-state index contributed by atoms with van der Waals surface area (Å²) in [5.74, 6) is 2.19. The summed E-state index contributed by atoms with van der Waals surface area (Å²) >= 11 is 0. The first kappa shape index (κ1) is 40.9. The van der Waals surface area contributed by atoms with Crippen molar-refractivity contribution in [3.63, 3.8) is 0 Å². The molecule has 2 aromatic carbocycles. The molecule has 0 atom stereocenters. The molecule has 0 saturated heterocycles. The summed E-state index contributed by atoms with van der Waals surface area (Å²) in [5.41, 5.74) is 5.90. The van der Waals surface area contributed by atoms with Gasteiger partial charge in [-0.05, 0) is 79.1 Å². The van der Waals surface area contributed by atoms with Crippen LogP contribution in [0.4, 0.5) is 11.4 Å². The van der Waals surface area contributed by atoms with Crippen LogP contribution in [0.3, 0.4) is 0 Å². The molecule has 19 nitrogen and oxygen atoms in total. The third-order valence-corrected chi connectivity index (χ3v) is 11.2. The Balaban J connectivity index is 0.776. The number of amides is 2. The maximum Gasteiger partial charge on any atom is 0.255 e. The molecule has 0 radical (unpaired) electrons. The van der Waals surface area contributed by atoms with Gasteiger partial charge in [-0.25, -0.2) is 19.9 Å². The zero-order valence-electron chi connectivity index (χ0n) is 34.9. The Labute approximate surface area is 365 Å². The minimum Gasteiger partial charge on any atom is -0.378 e. The smallest absolute Gasteiger partial charge is 0.255 e. The second-order valence-electron chi connectivity index (χ2n) is 15.4. The fraction of sp³-hybridized carbons (Fsp3) is 0.200. The van der Waals surface area contributed by atoms with Crippen LogP contribution in [0.2, 0.25) is 0 Å². The number of rotatable bonds is 16. The van der Waals surface area contributed by atoms with Gasteiger partial charge >= 0.3 is 0 Å². The summed E-state index contributed by atoms with van der Waals surface area (Å²) in [7, 11) is 3.74. The second-order valence-corrected chi connectivity index (χ2v) is 15.4. The minimum atomic E-state index is -0.293. The lowest BCUT2D eigenvalue weighted by Gasteiger charge is -2.16. The largest absolute Gasteiger partial charge is 0.378 e. The van der Waals surface area contributed by atoms with Crippen molar-refractivity contribution in [1.29, 1.82) is 0 Å². The van der Waals surface area contributed by atoms with E-state index >= 15 is 0 Å². The zero-order chi connectivity index (χ0) is 44.0. The van der Waals surface area contributed by atoms with E-state index < -0.39 is 0 Å². The van der Waals surface area contributed by atoms with E-state index in [0.717, 1.165) is 29.9 Å². The molecule has 6 heterocycles. The molecular formula is C45H42N16O3. The van der Waals surface area contributed by atoms with Crippen molar-refractivity contribution in [3.8, 4) is 34.2 Å². The van der Waals surface area contributed by atoms with Crippen LogP contribution in [0, 0.1) is 0 Å². The highest BCUT2D eigenvalue weighted by Crippen LogP contribution is 2.47. The Morgan fingerprint density at radius 3 is 1.81 bits per heavy atom. The van der Waals surface area contributed by atoms with Crippen molar-refractivity contribution in [2.45, 2.75) is 37.9 Å². The first-order valence-corrected chi connectivity index (χ1v) is 20.5. The molecule has 19 heteroatoms. The highest BCUT2D eigenvalue weighted by Gasteiger charge is 2.45. The zero-order valence-corrected chi connectivity index (χ0v) is 34.9. The number of hydrogen-bond donors (Lipinski definition) is 5. The van der Waals surface area contributed by atoms with E-state index in [1.54, 1.807) is 73.3 Å². The van der Waals surface area contributed by atoms with Crippen molar-refractivity contribution in [2.75, 3.05) is 17.2 Å². The van der Waals surface area contributed by atoms with Crippen LogP contribution >= 0.6 is 0 Å². The Hall–Kier alpha value is -8.48. The first-order valence-electron chi connectivity index (χ1n) is 20.5. The van der Waals surface area contributed by atoms with E-state index in [2.05, 4.69) is 66.6 Å². The van der Waals surface area contributed by atoms with Crippen molar-refractivity contribution < 1.29 is 9.59 Å². The molecule has 6 aromatic heterocycles. The Bertz CT molecular complexity index is 3000. The average molecular weight is 855 g/mol. The molecule has 1 aliphatic carbocycles. The van der Waals surface area contributed by atoms with Gasteiger partial charge in [0.2, 0.25) is 0 Å². The number of aromatic amines is 1. The van der Waals surface area contributed by atoms with Crippen LogP contribution in [0.25, 0.3) is 34.2 Å². The monoisotopic (exact) mass is 854 g/mol. The molecule has 8 aromatic rings. The van der Waals surface area contributed by atoms with Gasteiger partial charge in [0.25, 0.3) is 17.4 Å². The van der Waals surface area contributed by atoms with Crippen LogP contribution in [0.5, 0.6) is 0 Å². The van der Waals surface area contributed by atoms with Crippen LogP contribution in [-0.2, 0) is 39.1 Å². The molecule has 5 N–H and O–H groups in total. The van der Waals surface area contributed by atoms with Crippen LogP contribution in [0.15, 0.2) is 121 Å².